The summed E-state index contributed by atoms with van der Waals surface area (Å²) in [4.78, 5) is 8.65. The minimum absolute atomic E-state index is 0.00727. The van der Waals surface area contributed by atoms with Crippen molar-refractivity contribution in [1.29, 1.82) is 0 Å². The zero-order chi connectivity index (χ0) is 13.4. The van der Waals surface area contributed by atoms with Gasteiger partial charge in [0.05, 0.1) is 12.7 Å². The normalized spacial score (nSPS) is 12.2. The summed E-state index contributed by atoms with van der Waals surface area (Å²) in [5.74, 6) is 1.43. The monoisotopic (exact) mass is 254 g/mol. The molecule has 1 unspecified atom stereocenters. The summed E-state index contributed by atoms with van der Waals surface area (Å²) in [7, 11) is 3.32. The molecule has 6 nitrogen and oxygen atoms in total. The number of anilines is 2. The fourth-order valence-corrected chi connectivity index (χ4v) is 1.51. The number of rotatable bonds is 8. The molecule has 0 radical (unpaired) electrons. The van der Waals surface area contributed by atoms with E-state index in [4.69, 9.17) is 9.47 Å². The van der Waals surface area contributed by atoms with E-state index in [2.05, 4.69) is 20.6 Å². The van der Waals surface area contributed by atoms with E-state index in [0.29, 0.717) is 19.1 Å². The molecule has 102 valence electrons. The molecule has 0 aromatic carbocycles. The fraction of sp³-hybridized carbons (Fsp3) is 0.667. The van der Waals surface area contributed by atoms with Crippen molar-refractivity contribution in [2.24, 2.45) is 0 Å². The molecule has 18 heavy (non-hydrogen) atoms. The molecule has 0 aliphatic rings. The maximum atomic E-state index is 5.27. The number of hydrogen-bond donors (Lipinski definition) is 2. The van der Waals surface area contributed by atoms with Crippen LogP contribution in [-0.4, -0.2) is 50.0 Å². The third-order valence-corrected chi connectivity index (χ3v) is 2.39. The molecule has 0 saturated carbocycles. The Morgan fingerprint density at radius 1 is 1.28 bits per heavy atom. The van der Waals surface area contributed by atoms with Gasteiger partial charge >= 0.3 is 0 Å². The van der Waals surface area contributed by atoms with E-state index in [-0.39, 0.29) is 6.10 Å². The molecule has 0 amide bonds. The highest BCUT2D eigenvalue weighted by Gasteiger charge is 2.07. The Bertz CT molecular complexity index is 360. The SMILES string of the molecule is CCNc1nc(C)cc(NCC(COC)OC)n1. The van der Waals surface area contributed by atoms with Crippen molar-refractivity contribution in [1.82, 2.24) is 9.97 Å². The lowest BCUT2D eigenvalue weighted by molar-refractivity contribution is 0.0365. The number of aryl methyl sites for hydroxylation is 1. The van der Waals surface area contributed by atoms with E-state index < -0.39 is 0 Å². The summed E-state index contributed by atoms with van der Waals surface area (Å²) in [6, 6.07) is 1.90. The molecule has 0 aliphatic carbocycles. The lowest BCUT2D eigenvalue weighted by Gasteiger charge is -2.16. The number of aromatic nitrogens is 2. The van der Waals surface area contributed by atoms with Gasteiger partial charge in [-0.1, -0.05) is 0 Å². The highest BCUT2D eigenvalue weighted by molar-refractivity contribution is 5.42. The van der Waals surface area contributed by atoms with Gasteiger partial charge < -0.3 is 20.1 Å². The van der Waals surface area contributed by atoms with Crippen molar-refractivity contribution in [3.05, 3.63) is 11.8 Å². The van der Waals surface area contributed by atoms with Gasteiger partial charge in [0.2, 0.25) is 5.95 Å². The molecule has 1 heterocycles. The molecule has 0 saturated heterocycles. The van der Waals surface area contributed by atoms with E-state index >= 15 is 0 Å². The van der Waals surface area contributed by atoms with Crippen LogP contribution in [0.4, 0.5) is 11.8 Å². The van der Waals surface area contributed by atoms with E-state index in [0.717, 1.165) is 18.1 Å². The van der Waals surface area contributed by atoms with Crippen LogP contribution in [0.3, 0.4) is 0 Å². The second-order valence-corrected chi connectivity index (χ2v) is 3.94. The molecule has 1 aromatic rings. The van der Waals surface area contributed by atoms with Crippen LogP contribution in [-0.2, 0) is 9.47 Å². The topological polar surface area (TPSA) is 68.3 Å². The molecular weight excluding hydrogens is 232 g/mol. The fourth-order valence-electron chi connectivity index (χ4n) is 1.51. The molecular formula is C12H22N4O2. The van der Waals surface area contributed by atoms with Gasteiger partial charge in [0.15, 0.2) is 0 Å². The van der Waals surface area contributed by atoms with Crippen molar-refractivity contribution in [3.63, 3.8) is 0 Å². The molecule has 0 fully saturated rings. The summed E-state index contributed by atoms with van der Waals surface area (Å²) in [6.07, 6.45) is 0.00727. The number of nitrogens with one attached hydrogen (secondary N) is 2. The lowest BCUT2D eigenvalue weighted by atomic mass is 10.3. The van der Waals surface area contributed by atoms with Crippen LogP contribution < -0.4 is 10.6 Å². The standard InChI is InChI=1S/C12H22N4O2/c1-5-13-12-15-9(2)6-11(16-12)14-7-10(18-4)8-17-3/h6,10H,5,7-8H2,1-4H3,(H2,13,14,15,16). The van der Waals surface area contributed by atoms with E-state index in [1.165, 1.54) is 0 Å². The second-order valence-electron chi connectivity index (χ2n) is 3.94. The third-order valence-electron chi connectivity index (χ3n) is 2.39. The van der Waals surface area contributed by atoms with Crippen LogP contribution >= 0.6 is 0 Å². The molecule has 0 aliphatic heterocycles. The quantitative estimate of drug-likeness (QED) is 0.728. The number of methoxy groups -OCH3 is 2. The first-order valence-corrected chi connectivity index (χ1v) is 6.04. The molecule has 2 N–H and O–H groups in total. The first kappa shape index (κ1) is 14.7. The minimum Gasteiger partial charge on any atom is -0.382 e. The van der Waals surface area contributed by atoms with Gasteiger partial charge in [0.1, 0.15) is 5.82 Å². The first-order chi connectivity index (χ1) is 8.69. The van der Waals surface area contributed by atoms with Crippen molar-refractivity contribution < 1.29 is 9.47 Å². The lowest BCUT2D eigenvalue weighted by Crippen LogP contribution is -2.27. The molecule has 1 aromatic heterocycles. The van der Waals surface area contributed by atoms with E-state index in [1.54, 1.807) is 14.2 Å². The van der Waals surface area contributed by atoms with Crippen molar-refractivity contribution in [2.45, 2.75) is 20.0 Å². The smallest absolute Gasteiger partial charge is 0.224 e. The van der Waals surface area contributed by atoms with Crippen molar-refractivity contribution >= 4 is 11.8 Å². The van der Waals surface area contributed by atoms with Gasteiger partial charge in [-0.3, -0.25) is 0 Å². The Morgan fingerprint density at radius 2 is 2.06 bits per heavy atom. The molecule has 1 atom stereocenters. The van der Waals surface area contributed by atoms with Crippen molar-refractivity contribution in [3.8, 4) is 0 Å². The summed E-state index contributed by atoms with van der Waals surface area (Å²) >= 11 is 0. The van der Waals surface area contributed by atoms with Crippen LogP contribution in [0.25, 0.3) is 0 Å². The van der Waals surface area contributed by atoms with Crippen LogP contribution in [0.15, 0.2) is 6.07 Å². The van der Waals surface area contributed by atoms with E-state index in [1.807, 2.05) is 19.9 Å². The van der Waals surface area contributed by atoms with Gasteiger partial charge in [-0.2, -0.15) is 4.98 Å². The molecule has 0 bridgehead atoms. The van der Waals surface area contributed by atoms with Gasteiger partial charge in [0, 0.05) is 39.1 Å². The summed E-state index contributed by atoms with van der Waals surface area (Å²) in [5, 5.41) is 6.32. The van der Waals surface area contributed by atoms with Gasteiger partial charge in [-0.25, -0.2) is 4.98 Å². The Balaban J connectivity index is 2.60. The largest absolute Gasteiger partial charge is 0.382 e. The van der Waals surface area contributed by atoms with Crippen LogP contribution in [0.2, 0.25) is 0 Å². The zero-order valence-electron chi connectivity index (χ0n) is 11.5. The Hall–Kier alpha value is -1.40. The predicted octanol–water partition coefficient (Wildman–Crippen LogP) is 1.29. The maximum Gasteiger partial charge on any atom is 0.224 e. The Kier molecular flexibility index (Phi) is 6.38. The Morgan fingerprint density at radius 3 is 2.67 bits per heavy atom. The van der Waals surface area contributed by atoms with Gasteiger partial charge in [-0.05, 0) is 13.8 Å². The minimum atomic E-state index is 0.00727. The third kappa shape index (κ3) is 4.85. The average molecular weight is 254 g/mol. The highest BCUT2D eigenvalue weighted by atomic mass is 16.5. The maximum absolute atomic E-state index is 5.27. The van der Waals surface area contributed by atoms with Crippen LogP contribution in [0, 0.1) is 6.92 Å². The first-order valence-electron chi connectivity index (χ1n) is 6.04. The molecule has 0 spiro atoms. The van der Waals surface area contributed by atoms with Gasteiger partial charge in [-0.15, -0.1) is 0 Å². The number of hydrogen-bond acceptors (Lipinski definition) is 6. The molecule has 6 heteroatoms. The van der Waals surface area contributed by atoms with Crippen LogP contribution in [0.5, 0.6) is 0 Å². The molecule has 1 rings (SSSR count). The second kappa shape index (κ2) is 7.84. The highest BCUT2D eigenvalue weighted by Crippen LogP contribution is 2.09. The summed E-state index contributed by atoms with van der Waals surface area (Å²) in [6.45, 7) is 5.95. The van der Waals surface area contributed by atoms with E-state index in [9.17, 15) is 0 Å². The number of nitrogens with zero attached hydrogens (tertiary/aromatic N) is 2. The Labute approximate surface area is 108 Å². The predicted molar refractivity (Wildman–Crippen MR) is 72.1 cm³/mol. The number of ether oxygens (including phenoxy) is 2. The van der Waals surface area contributed by atoms with Gasteiger partial charge in [0.25, 0.3) is 0 Å². The zero-order valence-corrected chi connectivity index (χ0v) is 11.5. The summed E-state index contributed by atoms with van der Waals surface area (Å²) in [5.41, 5.74) is 0.921. The van der Waals surface area contributed by atoms with Crippen molar-refractivity contribution in [2.75, 3.05) is 44.5 Å². The van der Waals surface area contributed by atoms with Crippen LogP contribution in [0.1, 0.15) is 12.6 Å². The average Bonchev–Trinajstić information content (AvgIpc) is 2.34. The summed E-state index contributed by atoms with van der Waals surface area (Å²) < 4.78 is 10.3.